The van der Waals surface area contributed by atoms with E-state index in [4.69, 9.17) is 0 Å². The summed E-state index contributed by atoms with van der Waals surface area (Å²) in [5.74, 6) is -2.69. The second-order valence-electron chi connectivity index (χ2n) is 6.59. The average molecular weight is 393 g/mol. The molecule has 0 rings (SSSR count). The molecule has 0 heterocycles. The summed E-state index contributed by atoms with van der Waals surface area (Å²) < 4.78 is -0.354. The van der Waals surface area contributed by atoms with Gasteiger partial charge in [0.2, 0.25) is 5.91 Å². The number of carboxylic acids is 2. The van der Waals surface area contributed by atoms with Gasteiger partial charge in [-0.3, -0.25) is 4.79 Å². The van der Waals surface area contributed by atoms with Gasteiger partial charge >= 0.3 is 24.8 Å². The molecule has 3 atom stereocenters. The minimum Gasteiger partial charge on any atom is -0.544 e. The van der Waals surface area contributed by atoms with Crippen LogP contribution in [0, 0.1) is 0 Å². The summed E-state index contributed by atoms with van der Waals surface area (Å²) in [5.41, 5.74) is 0. The first-order valence-corrected chi connectivity index (χ1v) is 9.63. The van der Waals surface area contributed by atoms with Crippen LogP contribution in [0.5, 0.6) is 0 Å². The number of quaternary nitrogens is 1. The molecule has 1 amide bonds. The second kappa shape index (κ2) is 15.6. The fourth-order valence-electron chi connectivity index (χ4n) is 3.59. The molecule has 28 heavy (non-hydrogen) atoms. The molecule has 0 aromatic rings. The number of amides is 1. The van der Waals surface area contributed by atoms with E-state index in [1.165, 1.54) is 0 Å². The first kappa shape index (κ1) is 28.9. The Balaban J connectivity index is 0. The van der Waals surface area contributed by atoms with Crippen molar-refractivity contribution in [3.05, 3.63) is 12.2 Å². The van der Waals surface area contributed by atoms with E-state index in [1.54, 1.807) is 19.9 Å². The van der Waals surface area contributed by atoms with Crippen LogP contribution < -0.4 is 29.3 Å². The van der Waals surface area contributed by atoms with Crippen molar-refractivity contribution in [2.24, 2.45) is 0 Å². The maximum absolute atomic E-state index is 11.9. The van der Waals surface area contributed by atoms with Gasteiger partial charge in [-0.15, -0.1) is 0 Å². The molecule has 0 aliphatic rings. The number of hydrogen-bond donors (Lipinski definition) is 3. The maximum Gasteiger partial charge on any atom is 1.00 e. The smallest absolute Gasteiger partial charge is 0.544 e. The Kier molecular flexibility index (Phi) is 16.1. The third-order valence-corrected chi connectivity index (χ3v) is 4.86. The summed E-state index contributed by atoms with van der Waals surface area (Å²) in [6.07, 6.45) is 6.17. The van der Waals surface area contributed by atoms with Crippen LogP contribution in [-0.2, 0) is 14.4 Å². The molecule has 3 N–H and O–H groups in total. The van der Waals surface area contributed by atoms with Gasteiger partial charge in [-0.2, -0.15) is 0 Å². The van der Waals surface area contributed by atoms with Crippen molar-refractivity contribution in [3.8, 4) is 0 Å². The molecule has 0 saturated heterocycles. The van der Waals surface area contributed by atoms with E-state index < -0.39 is 24.0 Å². The Morgan fingerprint density at radius 1 is 1.07 bits per heavy atom. The van der Waals surface area contributed by atoms with E-state index in [0.717, 1.165) is 12.8 Å². The molecule has 0 saturated carbocycles. The molecule has 0 radical (unpaired) electrons. The van der Waals surface area contributed by atoms with Gasteiger partial charge in [0.1, 0.15) is 12.6 Å². The van der Waals surface area contributed by atoms with Crippen LogP contribution in [0.4, 0.5) is 0 Å². The Labute approximate surface area is 179 Å². The van der Waals surface area contributed by atoms with E-state index in [1.807, 2.05) is 13.0 Å². The monoisotopic (exact) mass is 393 g/mol. The van der Waals surface area contributed by atoms with Gasteiger partial charge in [0.05, 0.1) is 25.7 Å². The molecule has 0 fully saturated rings. The summed E-state index contributed by atoms with van der Waals surface area (Å²) in [7, 11) is 0. The SMILES string of the molecule is CCC/C=C/CC(=O)NCC[N+](CCO)(C(CC)C(=O)[O-])C(CC)C(=O)O.[Li+]. The molecule has 0 aliphatic heterocycles. The van der Waals surface area contributed by atoms with Crippen molar-refractivity contribution in [1.29, 1.82) is 0 Å². The standard InChI is InChI=1S/C19H34N2O6.Li/c1-4-7-8-9-10-17(23)20-11-12-21(13-14-22,15(5-2)18(24)25)16(6-3)19(26)27;/h8-9,15-16,22H,4-7,10-14H2,1-3H3,(H2-,20,23,24,25,26,27);/q;+1/b9-8+;. The molecule has 8 nitrogen and oxygen atoms in total. The summed E-state index contributed by atoms with van der Waals surface area (Å²) >= 11 is 0. The molecule has 0 bridgehead atoms. The molecule has 0 spiro atoms. The first-order valence-electron chi connectivity index (χ1n) is 9.63. The van der Waals surface area contributed by atoms with Crippen LogP contribution in [0.25, 0.3) is 0 Å². The largest absolute Gasteiger partial charge is 1.00 e. The molecule has 3 unspecified atom stereocenters. The number of nitrogens with zero attached hydrogens (tertiary/aromatic N) is 1. The van der Waals surface area contributed by atoms with Gasteiger partial charge in [0, 0.05) is 19.3 Å². The topological polar surface area (TPSA) is 127 Å². The summed E-state index contributed by atoms with van der Waals surface area (Å²) in [6, 6.07) is -2.10. The minimum absolute atomic E-state index is 0. The molecule has 0 aromatic carbocycles. The van der Waals surface area contributed by atoms with Crippen molar-refractivity contribution < 1.29 is 53.0 Å². The number of aliphatic hydroxyl groups is 1. The van der Waals surface area contributed by atoms with Crippen LogP contribution in [0.2, 0.25) is 0 Å². The van der Waals surface area contributed by atoms with E-state index in [-0.39, 0.29) is 74.8 Å². The van der Waals surface area contributed by atoms with Crippen molar-refractivity contribution in [1.82, 2.24) is 5.32 Å². The molecule has 0 aliphatic carbocycles. The Morgan fingerprint density at radius 3 is 2.11 bits per heavy atom. The Hall–Kier alpha value is -1.33. The van der Waals surface area contributed by atoms with Crippen molar-refractivity contribution in [2.45, 2.75) is 65.0 Å². The average Bonchev–Trinajstić information content (AvgIpc) is 2.59. The van der Waals surface area contributed by atoms with Gasteiger partial charge in [-0.25, -0.2) is 4.79 Å². The van der Waals surface area contributed by atoms with Crippen LogP contribution in [0.15, 0.2) is 12.2 Å². The molecule has 0 aromatic heterocycles. The van der Waals surface area contributed by atoms with E-state index in [0.29, 0.717) is 0 Å². The number of carboxylic acid groups (broad SMARTS) is 2. The number of carbonyl (C=O) groups is 3. The fraction of sp³-hybridized carbons (Fsp3) is 0.737. The number of carbonyl (C=O) groups excluding carboxylic acids is 2. The summed E-state index contributed by atoms with van der Waals surface area (Å²) in [4.78, 5) is 35.4. The molecular formula is C19H34LiN2O6+. The van der Waals surface area contributed by atoms with Crippen molar-refractivity contribution in [2.75, 3.05) is 26.2 Å². The number of allylic oxidation sites excluding steroid dienone is 1. The van der Waals surface area contributed by atoms with E-state index in [2.05, 4.69) is 5.32 Å². The second-order valence-corrected chi connectivity index (χ2v) is 6.59. The van der Waals surface area contributed by atoms with Crippen LogP contribution in [0.3, 0.4) is 0 Å². The van der Waals surface area contributed by atoms with Gasteiger partial charge in [0.25, 0.3) is 0 Å². The summed E-state index contributed by atoms with van der Waals surface area (Å²) in [5, 5.41) is 33.6. The van der Waals surface area contributed by atoms with Crippen LogP contribution in [0.1, 0.15) is 52.9 Å². The predicted octanol–water partition coefficient (Wildman–Crippen LogP) is -2.95. The van der Waals surface area contributed by atoms with Gasteiger partial charge < -0.3 is 29.9 Å². The molecular weight excluding hydrogens is 359 g/mol. The van der Waals surface area contributed by atoms with Crippen molar-refractivity contribution in [3.63, 3.8) is 0 Å². The Bertz CT molecular complexity index is 491. The van der Waals surface area contributed by atoms with Gasteiger partial charge in [-0.05, 0) is 6.42 Å². The number of rotatable bonds is 15. The zero-order valence-electron chi connectivity index (χ0n) is 17.6. The maximum atomic E-state index is 11.9. The zero-order valence-corrected chi connectivity index (χ0v) is 17.6. The number of aliphatic hydroxyl groups excluding tert-OH is 1. The normalized spacial score (nSPS) is 15.3. The fourth-order valence-corrected chi connectivity index (χ4v) is 3.59. The number of nitrogens with one attached hydrogen (secondary N) is 1. The first-order chi connectivity index (χ1) is 12.8. The molecule has 9 heteroatoms. The minimum atomic E-state index is -1.35. The third kappa shape index (κ3) is 8.78. The number of hydrogen-bond acceptors (Lipinski definition) is 5. The van der Waals surface area contributed by atoms with Gasteiger partial charge in [-0.1, -0.05) is 39.3 Å². The van der Waals surface area contributed by atoms with Crippen LogP contribution >= 0.6 is 0 Å². The molecule has 156 valence electrons. The quantitative estimate of drug-likeness (QED) is 0.155. The number of aliphatic carboxylic acids is 2. The number of unbranched alkanes of at least 4 members (excludes halogenated alkanes) is 1. The van der Waals surface area contributed by atoms with Crippen molar-refractivity contribution >= 4 is 17.8 Å². The predicted molar refractivity (Wildman–Crippen MR) is 99.6 cm³/mol. The Morgan fingerprint density at radius 2 is 1.68 bits per heavy atom. The third-order valence-electron chi connectivity index (χ3n) is 4.86. The van der Waals surface area contributed by atoms with Crippen LogP contribution in [-0.4, -0.2) is 70.9 Å². The zero-order chi connectivity index (χ0) is 20.9. The van der Waals surface area contributed by atoms with E-state index in [9.17, 15) is 29.7 Å². The van der Waals surface area contributed by atoms with E-state index >= 15 is 0 Å². The summed E-state index contributed by atoms with van der Waals surface area (Å²) in [6.45, 7) is 5.16. The van der Waals surface area contributed by atoms with Gasteiger partial charge in [0.15, 0.2) is 6.04 Å².